The van der Waals surface area contributed by atoms with E-state index in [1.807, 2.05) is 32.1 Å². The number of nitrogens with zero attached hydrogens (tertiary/aromatic N) is 4. The molecule has 1 rings (SSSR count). The minimum Gasteiger partial charge on any atom is -0.362 e. The first-order valence-electron chi connectivity index (χ1n) is 6.87. The summed E-state index contributed by atoms with van der Waals surface area (Å²) >= 11 is 0. The molecule has 0 fully saturated rings. The Bertz CT molecular complexity index is 389. The Morgan fingerprint density at radius 3 is 2.47 bits per heavy atom. The normalized spacial score (nSPS) is 12.6. The summed E-state index contributed by atoms with van der Waals surface area (Å²) in [6, 6.07) is 0.512. The zero-order valence-corrected chi connectivity index (χ0v) is 13.1. The molecule has 0 aliphatic rings. The van der Waals surface area contributed by atoms with Gasteiger partial charge in [-0.1, -0.05) is 13.3 Å². The quantitative estimate of drug-likeness (QED) is 0.817. The molecule has 1 heterocycles. The molecule has 0 spiro atoms. The standard InChI is InChI=1S/C14H27N5/c1-7-8-12(18(3)4)10-16-14-15-9-11(2)13(17-14)19(5)6/h9,12H,7-8,10H2,1-6H3,(H,15,16,17)/t12-/m0/s1. The first kappa shape index (κ1) is 15.7. The van der Waals surface area contributed by atoms with Crippen LogP contribution in [0.5, 0.6) is 0 Å². The highest BCUT2D eigenvalue weighted by Crippen LogP contribution is 2.15. The van der Waals surface area contributed by atoms with Crippen LogP contribution in [0.2, 0.25) is 0 Å². The maximum atomic E-state index is 4.55. The van der Waals surface area contributed by atoms with Crippen LogP contribution in [-0.4, -0.2) is 55.6 Å². The van der Waals surface area contributed by atoms with Gasteiger partial charge in [-0.3, -0.25) is 0 Å². The lowest BCUT2D eigenvalue weighted by Crippen LogP contribution is -2.34. The smallest absolute Gasteiger partial charge is 0.224 e. The molecule has 1 aromatic heterocycles. The largest absolute Gasteiger partial charge is 0.362 e. The van der Waals surface area contributed by atoms with Crippen molar-refractivity contribution in [3.05, 3.63) is 11.8 Å². The molecule has 0 radical (unpaired) electrons. The molecule has 0 aliphatic carbocycles. The highest BCUT2D eigenvalue weighted by atomic mass is 15.2. The van der Waals surface area contributed by atoms with E-state index in [2.05, 4.69) is 41.2 Å². The number of rotatable bonds is 7. The third kappa shape index (κ3) is 4.67. The molecule has 1 N–H and O–H groups in total. The van der Waals surface area contributed by atoms with Crippen LogP contribution in [0.4, 0.5) is 11.8 Å². The fourth-order valence-electron chi connectivity index (χ4n) is 2.06. The maximum Gasteiger partial charge on any atom is 0.224 e. The van der Waals surface area contributed by atoms with Gasteiger partial charge in [-0.2, -0.15) is 4.98 Å². The van der Waals surface area contributed by atoms with Crippen LogP contribution in [0, 0.1) is 6.92 Å². The average molecular weight is 265 g/mol. The van der Waals surface area contributed by atoms with Crippen molar-refractivity contribution in [2.75, 3.05) is 45.0 Å². The molecule has 19 heavy (non-hydrogen) atoms. The molecule has 0 amide bonds. The van der Waals surface area contributed by atoms with Gasteiger partial charge in [0, 0.05) is 38.4 Å². The molecule has 0 unspecified atom stereocenters. The monoisotopic (exact) mass is 265 g/mol. The van der Waals surface area contributed by atoms with Crippen LogP contribution in [0.1, 0.15) is 25.3 Å². The summed E-state index contributed by atoms with van der Waals surface area (Å²) in [5, 5.41) is 3.34. The Kier molecular flexibility index (Phi) is 6.02. The number of hydrogen-bond acceptors (Lipinski definition) is 5. The fourth-order valence-corrected chi connectivity index (χ4v) is 2.06. The van der Waals surface area contributed by atoms with Crippen LogP contribution >= 0.6 is 0 Å². The molecule has 0 saturated carbocycles. The average Bonchev–Trinajstić information content (AvgIpc) is 2.35. The molecule has 1 aromatic rings. The number of aromatic nitrogens is 2. The van der Waals surface area contributed by atoms with Crippen molar-refractivity contribution < 1.29 is 0 Å². The van der Waals surface area contributed by atoms with E-state index in [9.17, 15) is 0 Å². The van der Waals surface area contributed by atoms with Gasteiger partial charge in [0.25, 0.3) is 0 Å². The van der Waals surface area contributed by atoms with Gasteiger partial charge < -0.3 is 15.1 Å². The first-order chi connectivity index (χ1) is 8.95. The molecule has 108 valence electrons. The predicted molar refractivity (Wildman–Crippen MR) is 82.0 cm³/mol. The highest BCUT2D eigenvalue weighted by molar-refractivity contribution is 5.47. The Labute approximate surface area is 117 Å². The van der Waals surface area contributed by atoms with Gasteiger partial charge in [0.2, 0.25) is 5.95 Å². The summed E-state index contributed by atoms with van der Waals surface area (Å²) in [5.41, 5.74) is 1.09. The summed E-state index contributed by atoms with van der Waals surface area (Å²) in [7, 11) is 8.23. The van der Waals surface area contributed by atoms with Crippen LogP contribution < -0.4 is 10.2 Å². The van der Waals surface area contributed by atoms with Gasteiger partial charge in [0.15, 0.2) is 0 Å². The summed E-state index contributed by atoms with van der Waals surface area (Å²) in [6.45, 7) is 5.11. The van der Waals surface area contributed by atoms with Crippen molar-refractivity contribution in [2.24, 2.45) is 0 Å². The van der Waals surface area contributed by atoms with Crippen molar-refractivity contribution in [1.29, 1.82) is 0 Å². The third-order valence-electron chi connectivity index (χ3n) is 3.22. The number of likely N-dealkylation sites (N-methyl/N-ethyl adjacent to an activating group) is 1. The number of nitrogens with one attached hydrogen (secondary N) is 1. The highest BCUT2D eigenvalue weighted by Gasteiger charge is 2.11. The van der Waals surface area contributed by atoms with E-state index < -0.39 is 0 Å². The van der Waals surface area contributed by atoms with Crippen molar-refractivity contribution in [3.63, 3.8) is 0 Å². The summed E-state index contributed by atoms with van der Waals surface area (Å²) in [4.78, 5) is 13.2. The first-order valence-corrected chi connectivity index (χ1v) is 6.87. The Morgan fingerprint density at radius 1 is 1.26 bits per heavy atom. The van der Waals surface area contributed by atoms with Crippen molar-refractivity contribution in [2.45, 2.75) is 32.7 Å². The summed E-state index contributed by atoms with van der Waals surface area (Å²) in [5.74, 6) is 1.67. The van der Waals surface area contributed by atoms with Crippen molar-refractivity contribution in [1.82, 2.24) is 14.9 Å². The molecule has 0 saturated heterocycles. The van der Waals surface area contributed by atoms with Gasteiger partial charge in [-0.05, 0) is 27.4 Å². The van der Waals surface area contributed by atoms with Crippen LogP contribution in [0.3, 0.4) is 0 Å². The second-order valence-electron chi connectivity index (χ2n) is 5.38. The molecule has 5 nitrogen and oxygen atoms in total. The van der Waals surface area contributed by atoms with E-state index in [0.29, 0.717) is 12.0 Å². The molecule has 5 heteroatoms. The zero-order valence-electron chi connectivity index (χ0n) is 13.1. The second-order valence-corrected chi connectivity index (χ2v) is 5.38. The minimum absolute atomic E-state index is 0.512. The maximum absolute atomic E-state index is 4.55. The second kappa shape index (κ2) is 7.28. The van der Waals surface area contributed by atoms with Gasteiger partial charge in [-0.15, -0.1) is 0 Å². The number of hydrogen-bond donors (Lipinski definition) is 1. The van der Waals surface area contributed by atoms with Gasteiger partial charge >= 0.3 is 0 Å². The molecular formula is C14H27N5. The van der Waals surface area contributed by atoms with E-state index >= 15 is 0 Å². The predicted octanol–water partition coefficient (Wildman–Crippen LogP) is 1.99. The number of aryl methyl sites for hydroxylation is 1. The molecule has 1 atom stereocenters. The van der Waals surface area contributed by atoms with E-state index in [4.69, 9.17) is 0 Å². The Morgan fingerprint density at radius 2 is 1.95 bits per heavy atom. The van der Waals surface area contributed by atoms with Crippen molar-refractivity contribution in [3.8, 4) is 0 Å². The number of anilines is 2. The van der Waals surface area contributed by atoms with Crippen LogP contribution in [-0.2, 0) is 0 Å². The molecular weight excluding hydrogens is 238 g/mol. The Hall–Kier alpha value is -1.36. The lowest BCUT2D eigenvalue weighted by atomic mass is 10.1. The van der Waals surface area contributed by atoms with E-state index in [1.165, 1.54) is 12.8 Å². The molecule has 0 aromatic carbocycles. The van der Waals surface area contributed by atoms with E-state index in [0.717, 1.165) is 17.9 Å². The van der Waals surface area contributed by atoms with Gasteiger partial charge in [0.1, 0.15) is 5.82 Å². The summed E-state index contributed by atoms with van der Waals surface area (Å²) in [6.07, 6.45) is 4.23. The molecule has 0 aliphatic heterocycles. The lowest BCUT2D eigenvalue weighted by Gasteiger charge is -2.24. The summed E-state index contributed by atoms with van der Waals surface area (Å²) < 4.78 is 0. The van der Waals surface area contributed by atoms with Gasteiger partial charge in [-0.25, -0.2) is 4.98 Å². The minimum atomic E-state index is 0.512. The third-order valence-corrected chi connectivity index (χ3v) is 3.22. The lowest BCUT2D eigenvalue weighted by molar-refractivity contribution is 0.288. The fraction of sp³-hybridized carbons (Fsp3) is 0.714. The Balaban J connectivity index is 2.69. The van der Waals surface area contributed by atoms with Crippen LogP contribution in [0.25, 0.3) is 0 Å². The molecule has 0 bridgehead atoms. The van der Waals surface area contributed by atoms with E-state index in [1.54, 1.807) is 0 Å². The van der Waals surface area contributed by atoms with Gasteiger partial charge in [0.05, 0.1) is 0 Å². The van der Waals surface area contributed by atoms with Crippen LogP contribution in [0.15, 0.2) is 6.20 Å². The topological polar surface area (TPSA) is 44.3 Å². The zero-order chi connectivity index (χ0) is 14.4. The van der Waals surface area contributed by atoms with Crippen molar-refractivity contribution >= 4 is 11.8 Å². The SMILES string of the molecule is CCC[C@@H](CNc1ncc(C)c(N(C)C)n1)N(C)C. The van der Waals surface area contributed by atoms with E-state index in [-0.39, 0.29) is 0 Å².